The fraction of sp³-hybridized carbons (Fsp3) is 0.412. The van der Waals surface area contributed by atoms with E-state index in [0.717, 1.165) is 22.3 Å². The first kappa shape index (κ1) is 33.8. The largest absolute Gasteiger partial charge is 0.487 e. The summed E-state index contributed by atoms with van der Waals surface area (Å²) in [4.78, 5) is 23.1. The molecule has 0 aliphatic heterocycles. The Kier molecular flexibility index (Phi) is 11.2. The van der Waals surface area contributed by atoms with Crippen molar-refractivity contribution < 1.29 is 23.9 Å². The molecule has 1 atom stereocenters. The van der Waals surface area contributed by atoms with Crippen LogP contribution in [0.25, 0.3) is 0 Å². The average Bonchev–Trinajstić information content (AvgIpc) is 2.89. The minimum atomic E-state index is -2.21. The fourth-order valence-corrected chi connectivity index (χ4v) is 5.85. The number of hydrogen-bond donors (Lipinski definition) is 4. The Morgan fingerprint density at radius 2 is 1.56 bits per heavy atom. The van der Waals surface area contributed by atoms with Gasteiger partial charge in [-0.3, -0.25) is 4.79 Å². The maximum atomic E-state index is 11.9. The number of anilines is 1. The number of rotatable bonds is 14. The zero-order chi connectivity index (χ0) is 31.8. The van der Waals surface area contributed by atoms with Crippen molar-refractivity contribution in [1.29, 1.82) is 0 Å². The van der Waals surface area contributed by atoms with Crippen LogP contribution in [-0.4, -0.2) is 37.5 Å². The van der Waals surface area contributed by atoms with Gasteiger partial charge in [-0.1, -0.05) is 81.4 Å². The number of carbonyl (C=O) groups excluding carboxylic acids is 1. The fourth-order valence-electron chi connectivity index (χ4n) is 4.57. The summed E-state index contributed by atoms with van der Waals surface area (Å²) in [6.07, 6.45) is 0.389. The van der Waals surface area contributed by atoms with Gasteiger partial charge in [0, 0.05) is 12.1 Å². The molecule has 0 heterocycles. The lowest BCUT2D eigenvalue weighted by molar-refractivity contribution is -0.136. The van der Waals surface area contributed by atoms with Crippen molar-refractivity contribution in [2.45, 2.75) is 83.8 Å². The minimum Gasteiger partial charge on any atom is -0.487 e. The predicted octanol–water partition coefficient (Wildman–Crippen LogP) is 7.06. The molecule has 0 fully saturated rings. The van der Waals surface area contributed by atoms with Gasteiger partial charge in [0.1, 0.15) is 12.4 Å². The first-order chi connectivity index (χ1) is 20.0. The highest BCUT2D eigenvalue weighted by Crippen LogP contribution is 2.40. The van der Waals surface area contributed by atoms with Crippen molar-refractivity contribution in [3.63, 3.8) is 0 Å². The zero-order valence-corrected chi connectivity index (χ0v) is 27.5. The van der Waals surface area contributed by atoms with Crippen LogP contribution >= 0.6 is 0 Å². The van der Waals surface area contributed by atoms with Crippen LogP contribution in [0.4, 0.5) is 10.5 Å². The molecule has 0 unspecified atom stereocenters. The van der Waals surface area contributed by atoms with E-state index >= 15 is 0 Å². The molecule has 0 aliphatic carbocycles. The molecule has 5 N–H and O–H groups in total. The average molecular weight is 606 g/mol. The summed E-state index contributed by atoms with van der Waals surface area (Å²) in [5, 5.41) is 15.6. The van der Waals surface area contributed by atoms with Gasteiger partial charge in [-0.2, -0.15) is 0 Å². The lowest BCUT2D eigenvalue weighted by atomic mass is 9.93. The van der Waals surface area contributed by atoms with Gasteiger partial charge >= 0.3 is 12.0 Å². The maximum Gasteiger partial charge on any atom is 0.316 e. The highest BCUT2D eigenvalue weighted by Gasteiger charge is 2.40. The molecule has 2 amide bonds. The molecule has 0 aromatic heterocycles. The van der Waals surface area contributed by atoms with Crippen LogP contribution in [0.15, 0.2) is 72.8 Å². The molecule has 3 aromatic rings. The van der Waals surface area contributed by atoms with E-state index in [9.17, 15) is 14.7 Å². The molecule has 0 saturated heterocycles. The van der Waals surface area contributed by atoms with E-state index in [4.69, 9.17) is 14.9 Å². The van der Waals surface area contributed by atoms with Crippen LogP contribution in [0.2, 0.25) is 18.1 Å². The molecule has 232 valence electrons. The zero-order valence-electron chi connectivity index (χ0n) is 26.5. The topological polar surface area (TPSA) is 123 Å². The molecule has 3 rings (SSSR count). The Bertz CT molecular complexity index is 1390. The van der Waals surface area contributed by atoms with Crippen LogP contribution in [0.5, 0.6) is 5.75 Å². The van der Waals surface area contributed by atoms with Crippen molar-refractivity contribution in [3.05, 3.63) is 95.1 Å². The smallest absolute Gasteiger partial charge is 0.316 e. The van der Waals surface area contributed by atoms with Gasteiger partial charge in [-0.05, 0) is 72.8 Å². The quantitative estimate of drug-likeness (QED) is 0.146. The number of urea groups is 1. The number of nitrogens with two attached hydrogens (primary N) is 1. The Labute approximate surface area is 257 Å². The molecule has 0 saturated carbocycles. The molecule has 3 aromatic carbocycles. The molecule has 9 heteroatoms. The second-order valence-corrected chi connectivity index (χ2v) is 18.0. The van der Waals surface area contributed by atoms with E-state index < -0.39 is 20.3 Å². The van der Waals surface area contributed by atoms with Gasteiger partial charge in [-0.15, -0.1) is 0 Å². The first-order valence-electron chi connectivity index (χ1n) is 14.6. The molecule has 0 spiro atoms. The Morgan fingerprint density at radius 3 is 2.19 bits per heavy atom. The Balaban J connectivity index is 1.87. The summed E-state index contributed by atoms with van der Waals surface area (Å²) < 4.78 is 13.0. The second-order valence-electron chi connectivity index (χ2n) is 13.2. The number of carboxylic acids is 1. The Morgan fingerprint density at radius 1 is 0.907 bits per heavy atom. The number of benzene rings is 3. The number of amides is 2. The van der Waals surface area contributed by atoms with Gasteiger partial charge in [0.2, 0.25) is 0 Å². The second kappa shape index (κ2) is 14.2. The van der Waals surface area contributed by atoms with Gasteiger partial charge < -0.3 is 30.6 Å². The number of nitrogens with one attached hydrogen (secondary N) is 2. The number of primary amides is 1. The van der Waals surface area contributed by atoms with Crippen LogP contribution in [0.3, 0.4) is 0 Å². The third-order valence-electron chi connectivity index (χ3n) is 7.87. The summed E-state index contributed by atoms with van der Waals surface area (Å²) >= 11 is 0. The SMILES string of the molecule is CC(C)(Cc1cccc(CC(=O)O)c1)NC[C@@H](O[Si](C)(C)C(C)(C)C)c1ccc(OCc2ccccc2)c(NC(N)=O)c1. The van der Waals surface area contributed by atoms with Gasteiger partial charge in [0.25, 0.3) is 0 Å². The van der Waals surface area contributed by atoms with Gasteiger partial charge in [-0.25, -0.2) is 4.79 Å². The lowest BCUT2D eigenvalue weighted by Gasteiger charge is -2.40. The summed E-state index contributed by atoms with van der Waals surface area (Å²) in [7, 11) is -2.21. The van der Waals surface area contributed by atoms with E-state index in [0.29, 0.717) is 31.0 Å². The highest BCUT2D eigenvalue weighted by atomic mass is 28.4. The number of hydrogen-bond acceptors (Lipinski definition) is 5. The first-order valence-corrected chi connectivity index (χ1v) is 17.5. The molecule has 43 heavy (non-hydrogen) atoms. The van der Waals surface area contributed by atoms with E-state index in [2.05, 4.69) is 58.3 Å². The van der Waals surface area contributed by atoms with Crippen molar-refractivity contribution >= 4 is 26.0 Å². The number of ether oxygens (including phenoxy) is 1. The number of carbonyl (C=O) groups is 2. The molecule has 8 nitrogen and oxygen atoms in total. The van der Waals surface area contributed by atoms with Gasteiger partial charge in [0.05, 0.1) is 18.2 Å². The van der Waals surface area contributed by atoms with Crippen molar-refractivity contribution in [2.24, 2.45) is 5.73 Å². The van der Waals surface area contributed by atoms with E-state index in [1.165, 1.54) is 0 Å². The Hall–Kier alpha value is -3.66. The third-order valence-corrected chi connectivity index (χ3v) is 12.4. The predicted molar refractivity (Wildman–Crippen MR) is 175 cm³/mol. The standard InChI is InChI=1S/C34H47N3O5Si/c1-33(2,3)43(6,7)42-30(22-36-34(4,5)21-26-15-11-14-25(18-26)19-31(38)39)27-16-17-29(28(20-27)37-32(35)40)41-23-24-12-9-8-10-13-24/h8-18,20,30,36H,19,21-23H2,1-7H3,(H,38,39)(H3,35,37,40)/t30-/m1/s1. The highest BCUT2D eigenvalue weighted by molar-refractivity contribution is 6.74. The lowest BCUT2D eigenvalue weighted by Crippen LogP contribution is -2.47. The van der Waals surface area contributed by atoms with Gasteiger partial charge in [0.15, 0.2) is 8.32 Å². The van der Waals surface area contributed by atoms with E-state index in [1.54, 1.807) is 0 Å². The normalized spacial score (nSPS) is 12.9. The molecule has 0 bridgehead atoms. The summed E-state index contributed by atoms with van der Waals surface area (Å²) in [6, 6.07) is 22.6. The summed E-state index contributed by atoms with van der Waals surface area (Å²) in [6.45, 7) is 16.2. The van der Waals surface area contributed by atoms with Crippen molar-refractivity contribution in [2.75, 3.05) is 11.9 Å². The monoisotopic (exact) mass is 605 g/mol. The summed E-state index contributed by atoms with van der Waals surface area (Å²) in [5.41, 5.74) is 9.46. The molecular formula is C34H47N3O5Si. The third kappa shape index (κ3) is 10.5. The minimum absolute atomic E-state index is 0.00312. The van der Waals surface area contributed by atoms with E-state index in [1.807, 2.05) is 72.8 Å². The summed E-state index contributed by atoms with van der Waals surface area (Å²) in [5.74, 6) is -0.325. The molecule has 0 aliphatic rings. The molecular weight excluding hydrogens is 558 g/mol. The van der Waals surface area contributed by atoms with E-state index in [-0.39, 0.29) is 23.1 Å². The molecule has 0 radical (unpaired) electrons. The van der Waals surface area contributed by atoms with Crippen molar-refractivity contribution in [1.82, 2.24) is 5.32 Å². The maximum absolute atomic E-state index is 11.9. The van der Waals surface area contributed by atoms with Crippen LogP contribution in [-0.2, 0) is 28.7 Å². The van der Waals surface area contributed by atoms with Crippen LogP contribution in [0.1, 0.15) is 63.0 Å². The van der Waals surface area contributed by atoms with Crippen LogP contribution < -0.4 is 21.1 Å². The number of carboxylic acid groups (broad SMARTS) is 1. The van der Waals surface area contributed by atoms with Crippen LogP contribution in [0, 0.1) is 0 Å². The van der Waals surface area contributed by atoms with Crippen molar-refractivity contribution in [3.8, 4) is 5.75 Å². The number of aliphatic carboxylic acids is 1.